The summed E-state index contributed by atoms with van der Waals surface area (Å²) in [6.45, 7) is 2.01. The maximum atomic E-state index is 9.75. The molecule has 1 aliphatic heterocycles. The van der Waals surface area contributed by atoms with E-state index in [1.807, 2.05) is 31.2 Å². The lowest BCUT2D eigenvalue weighted by Gasteiger charge is -2.25. The maximum absolute atomic E-state index is 9.75. The molecule has 0 unspecified atom stereocenters. The van der Waals surface area contributed by atoms with Gasteiger partial charge in [0.2, 0.25) is 11.8 Å². The van der Waals surface area contributed by atoms with Crippen LogP contribution < -0.4 is 10.5 Å². The van der Waals surface area contributed by atoms with Gasteiger partial charge in [-0.2, -0.15) is 5.26 Å². The summed E-state index contributed by atoms with van der Waals surface area (Å²) < 4.78 is 5.60. The number of hydrogen-bond acceptors (Lipinski definition) is 4. The van der Waals surface area contributed by atoms with Crippen molar-refractivity contribution in [1.29, 1.82) is 5.26 Å². The number of aromatic nitrogens is 2. The zero-order chi connectivity index (χ0) is 19.1. The monoisotopic (exact) mass is 396 g/mol. The van der Waals surface area contributed by atoms with Gasteiger partial charge in [0, 0.05) is 21.2 Å². The van der Waals surface area contributed by atoms with Crippen molar-refractivity contribution >= 4 is 23.2 Å². The molecule has 0 saturated carbocycles. The number of nitrogens with one attached hydrogen (secondary N) is 1. The predicted octanol–water partition coefficient (Wildman–Crippen LogP) is 4.91. The van der Waals surface area contributed by atoms with Gasteiger partial charge in [0.15, 0.2) is 0 Å². The summed E-state index contributed by atoms with van der Waals surface area (Å²) in [7, 11) is 0. The topological polar surface area (TPSA) is 87.7 Å². The second-order valence-corrected chi connectivity index (χ2v) is 7.06. The molecular formula is C20H14Cl2N4O. The van der Waals surface area contributed by atoms with E-state index in [1.165, 1.54) is 0 Å². The number of fused-ring (bicyclic) bond motifs is 1. The van der Waals surface area contributed by atoms with Gasteiger partial charge in [-0.25, -0.2) is 0 Å². The number of nitrogens with two attached hydrogens (primary N) is 1. The molecule has 0 saturated heterocycles. The van der Waals surface area contributed by atoms with Crippen LogP contribution in [0.15, 0.2) is 53.9 Å². The Morgan fingerprint density at radius 3 is 2.41 bits per heavy atom. The van der Waals surface area contributed by atoms with E-state index in [2.05, 4.69) is 16.3 Å². The molecule has 0 spiro atoms. The number of aryl methyl sites for hydroxylation is 1. The summed E-state index contributed by atoms with van der Waals surface area (Å²) in [5, 5.41) is 17.9. The molecule has 7 heteroatoms. The average Bonchev–Trinajstić information content (AvgIpc) is 3.05. The fourth-order valence-corrected chi connectivity index (χ4v) is 3.88. The van der Waals surface area contributed by atoms with Crippen LogP contribution in [0.25, 0.3) is 11.3 Å². The zero-order valence-electron chi connectivity index (χ0n) is 14.3. The summed E-state index contributed by atoms with van der Waals surface area (Å²) in [5.74, 6) is -0.286. The quantitative estimate of drug-likeness (QED) is 0.643. The molecule has 0 aliphatic carbocycles. The highest BCUT2D eigenvalue weighted by molar-refractivity contribution is 6.36. The molecule has 1 atom stereocenters. The lowest BCUT2D eigenvalue weighted by molar-refractivity contribution is 0.379. The Bertz CT molecular complexity index is 1090. The molecule has 3 N–H and O–H groups in total. The normalized spacial score (nSPS) is 15.9. The number of H-pyrrole nitrogens is 1. The van der Waals surface area contributed by atoms with E-state index in [0.29, 0.717) is 27.1 Å². The van der Waals surface area contributed by atoms with Gasteiger partial charge in [0.05, 0.1) is 17.2 Å². The van der Waals surface area contributed by atoms with Crippen LogP contribution >= 0.6 is 23.2 Å². The van der Waals surface area contributed by atoms with Gasteiger partial charge in [0.25, 0.3) is 0 Å². The summed E-state index contributed by atoms with van der Waals surface area (Å²) in [6.07, 6.45) is 0. The van der Waals surface area contributed by atoms with Crippen LogP contribution in [0, 0.1) is 18.3 Å². The number of allylic oxidation sites excluding steroid dienone is 1. The number of halogens is 2. The third-order valence-corrected chi connectivity index (χ3v) is 5.23. The Hall–Kier alpha value is -2.94. The van der Waals surface area contributed by atoms with Crippen LogP contribution in [0.5, 0.6) is 5.88 Å². The number of rotatable bonds is 2. The van der Waals surface area contributed by atoms with E-state index in [1.54, 1.807) is 18.2 Å². The fraction of sp³-hybridized carbons (Fsp3) is 0.100. The molecule has 134 valence electrons. The lowest BCUT2D eigenvalue weighted by Crippen LogP contribution is -2.21. The van der Waals surface area contributed by atoms with Crippen LogP contribution in [0.3, 0.4) is 0 Å². The molecule has 4 rings (SSSR count). The Balaban J connectivity index is 2.00. The first-order chi connectivity index (χ1) is 13.0. The van der Waals surface area contributed by atoms with Crippen molar-refractivity contribution in [3.8, 4) is 23.2 Å². The Morgan fingerprint density at radius 2 is 1.78 bits per heavy atom. The van der Waals surface area contributed by atoms with Gasteiger partial charge in [-0.3, -0.25) is 5.10 Å². The van der Waals surface area contributed by atoms with Crippen molar-refractivity contribution in [2.75, 3.05) is 0 Å². The van der Waals surface area contributed by atoms with E-state index >= 15 is 0 Å². The molecule has 1 aromatic heterocycles. The molecule has 0 amide bonds. The van der Waals surface area contributed by atoms with Gasteiger partial charge >= 0.3 is 0 Å². The number of nitriles is 1. The Kier molecular flexibility index (Phi) is 4.31. The Morgan fingerprint density at radius 1 is 1.11 bits per heavy atom. The second-order valence-electron chi connectivity index (χ2n) is 6.24. The summed E-state index contributed by atoms with van der Waals surface area (Å²) in [4.78, 5) is 0. The molecule has 27 heavy (non-hydrogen) atoms. The molecule has 1 aliphatic rings. The van der Waals surface area contributed by atoms with Crippen LogP contribution in [-0.2, 0) is 0 Å². The summed E-state index contributed by atoms with van der Waals surface area (Å²) >= 11 is 12.9. The van der Waals surface area contributed by atoms with Crippen LogP contribution in [0.4, 0.5) is 0 Å². The molecule has 0 fully saturated rings. The van der Waals surface area contributed by atoms with Crippen LogP contribution in [-0.4, -0.2) is 10.2 Å². The number of hydrogen-bond donors (Lipinski definition) is 2. The van der Waals surface area contributed by atoms with Crippen molar-refractivity contribution in [2.24, 2.45) is 5.73 Å². The smallest absolute Gasteiger partial charge is 0.244 e. The van der Waals surface area contributed by atoms with Crippen molar-refractivity contribution in [2.45, 2.75) is 12.8 Å². The molecule has 5 nitrogen and oxygen atoms in total. The number of benzene rings is 2. The largest absolute Gasteiger partial charge is 0.420 e. The van der Waals surface area contributed by atoms with Crippen molar-refractivity contribution in [3.05, 3.63) is 80.7 Å². The minimum Gasteiger partial charge on any atom is -0.420 e. The first kappa shape index (κ1) is 17.5. The lowest BCUT2D eigenvalue weighted by atomic mass is 9.83. The summed E-state index contributed by atoms with van der Waals surface area (Å²) in [5.41, 5.74) is 10.3. The minimum atomic E-state index is -0.588. The van der Waals surface area contributed by atoms with Gasteiger partial charge < -0.3 is 10.5 Å². The third kappa shape index (κ3) is 2.84. The average molecular weight is 397 g/mol. The van der Waals surface area contributed by atoms with E-state index in [4.69, 9.17) is 33.7 Å². The first-order valence-corrected chi connectivity index (χ1v) is 8.93. The number of aromatic amines is 1. The van der Waals surface area contributed by atoms with Gasteiger partial charge in [-0.05, 0) is 19.1 Å². The van der Waals surface area contributed by atoms with Crippen molar-refractivity contribution in [1.82, 2.24) is 10.2 Å². The van der Waals surface area contributed by atoms with Crippen molar-refractivity contribution in [3.63, 3.8) is 0 Å². The molecule has 0 bridgehead atoms. The highest BCUT2D eigenvalue weighted by Crippen LogP contribution is 2.49. The number of ether oxygens (including phenoxy) is 1. The standard InChI is InChI=1S/C20H14Cl2N4O/c1-10-5-7-11(8-6-10)18-17-15(16-13(21)3-2-4-14(16)22)12(9-23)19(24)27-20(17)26-25-18/h2-8,15H,24H2,1H3,(H,25,26)/t15-/m1/s1. The summed E-state index contributed by atoms with van der Waals surface area (Å²) in [6, 6.07) is 15.3. The molecule has 3 aromatic rings. The molecule has 2 aromatic carbocycles. The maximum Gasteiger partial charge on any atom is 0.244 e. The fourth-order valence-electron chi connectivity index (χ4n) is 3.26. The minimum absolute atomic E-state index is 0.00653. The van der Waals surface area contributed by atoms with Gasteiger partial charge in [0.1, 0.15) is 11.6 Å². The first-order valence-electron chi connectivity index (χ1n) is 8.18. The highest BCUT2D eigenvalue weighted by Gasteiger charge is 2.37. The van der Waals surface area contributed by atoms with E-state index in [9.17, 15) is 5.26 Å². The van der Waals surface area contributed by atoms with Gasteiger partial charge in [-0.1, -0.05) is 59.1 Å². The number of nitrogens with zero attached hydrogens (tertiary/aromatic N) is 2. The van der Waals surface area contributed by atoms with Crippen LogP contribution in [0.2, 0.25) is 10.0 Å². The van der Waals surface area contributed by atoms with E-state index in [0.717, 1.165) is 16.8 Å². The molecule has 2 heterocycles. The second kappa shape index (κ2) is 6.66. The zero-order valence-corrected chi connectivity index (χ0v) is 15.8. The predicted molar refractivity (Wildman–Crippen MR) is 105 cm³/mol. The van der Waals surface area contributed by atoms with Gasteiger partial charge in [-0.15, -0.1) is 5.10 Å². The Labute approximate surface area is 166 Å². The van der Waals surface area contributed by atoms with E-state index < -0.39 is 5.92 Å². The van der Waals surface area contributed by atoms with Crippen LogP contribution in [0.1, 0.15) is 22.6 Å². The third-order valence-electron chi connectivity index (χ3n) is 4.57. The molecular weight excluding hydrogens is 383 g/mol. The highest BCUT2D eigenvalue weighted by atomic mass is 35.5. The SMILES string of the molecule is Cc1ccc(-c2[nH]nc3c2[C@@H](c2c(Cl)cccc2Cl)C(C#N)=C(N)O3)cc1. The van der Waals surface area contributed by atoms with Crippen molar-refractivity contribution < 1.29 is 4.74 Å². The van der Waals surface area contributed by atoms with E-state index in [-0.39, 0.29) is 11.5 Å². The molecule has 0 radical (unpaired) electrons.